The molecule has 1 fully saturated rings. The van der Waals surface area contributed by atoms with Crippen LogP contribution in [0.15, 0.2) is 18.5 Å². The van der Waals surface area contributed by atoms with Gasteiger partial charge in [0.2, 0.25) is 0 Å². The minimum Gasteiger partial charge on any atom is -0.395 e. The molecular weight excluding hydrogens is 256 g/mol. The van der Waals surface area contributed by atoms with E-state index in [1.165, 1.54) is 6.20 Å². The maximum atomic E-state index is 12.3. The van der Waals surface area contributed by atoms with Gasteiger partial charge in [-0.05, 0) is 18.9 Å². The zero-order valence-electron chi connectivity index (χ0n) is 11.2. The number of aliphatic hydroxyl groups is 2. The average molecular weight is 274 g/mol. The lowest BCUT2D eigenvalue weighted by Crippen LogP contribution is -2.40. The number of amides is 1. The molecule has 0 radical (unpaired) electrons. The van der Waals surface area contributed by atoms with Crippen LogP contribution in [0.25, 0.3) is 0 Å². The second-order valence-electron chi connectivity index (χ2n) is 4.76. The minimum atomic E-state index is -0.298. The average Bonchev–Trinajstić information content (AvgIpc) is 2.48. The van der Waals surface area contributed by atoms with Crippen LogP contribution in [-0.2, 0) is 0 Å². The lowest BCUT2D eigenvalue weighted by atomic mass is 10.1. The van der Waals surface area contributed by atoms with E-state index in [0.29, 0.717) is 43.5 Å². The van der Waals surface area contributed by atoms with Gasteiger partial charge < -0.3 is 15.1 Å². The number of aliphatic hydroxyl groups excluding tert-OH is 2. The van der Waals surface area contributed by atoms with Crippen LogP contribution < -0.4 is 0 Å². The summed E-state index contributed by atoms with van der Waals surface area (Å²) >= 11 is 0. The normalized spacial score (nSPS) is 15.6. The Morgan fingerprint density at radius 2 is 2.15 bits per heavy atom. The molecule has 20 heavy (non-hydrogen) atoms. The number of carbonyl (C=O) groups is 1. The first-order chi connectivity index (χ1) is 9.70. The molecular formula is C15H18N2O3. The summed E-state index contributed by atoms with van der Waals surface area (Å²) in [4.78, 5) is 18.1. The molecule has 1 saturated heterocycles. The molecule has 0 atom stereocenters. The van der Waals surface area contributed by atoms with E-state index in [1.54, 1.807) is 17.2 Å². The summed E-state index contributed by atoms with van der Waals surface area (Å²) in [5.41, 5.74) is 1.18. The molecule has 1 amide bonds. The van der Waals surface area contributed by atoms with Gasteiger partial charge in [0.15, 0.2) is 0 Å². The smallest absolute Gasteiger partial charge is 0.255 e. The summed E-state index contributed by atoms with van der Waals surface area (Å²) in [7, 11) is 0. The van der Waals surface area contributed by atoms with E-state index in [0.717, 1.165) is 0 Å². The van der Waals surface area contributed by atoms with Crippen molar-refractivity contribution >= 4 is 5.91 Å². The summed E-state index contributed by atoms with van der Waals surface area (Å²) in [5.74, 6) is 5.60. The van der Waals surface area contributed by atoms with Gasteiger partial charge in [-0.1, -0.05) is 11.8 Å². The minimum absolute atomic E-state index is 0.0230. The van der Waals surface area contributed by atoms with Gasteiger partial charge in [0, 0.05) is 37.5 Å². The number of hydrogen-bond donors (Lipinski definition) is 2. The van der Waals surface area contributed by atoms with Crippen molar-refractivity contribution in [3.8, 4) is 11.8 Å². The summed E-state index contributed by atoms with van der Waals surface area (Å²) in [6, 6.07) is 1.71. The second kappa shape index (κ2) is 7.04. The Hall–Kier alpha value is -1.90. The van der Waals surface area contributed by atoms with E-state index < -0.39 is 0 Å². The molecule has 0 spiro atoms. The molecule has 1 aliphatic heterocycles. The summed E-state index contributed by atoms with van der Waals surface area (Å²) < 4.78 is 0. The van der Waals surface area contributed by atoms with E-state index in [1.807, 2.05) is 0 Å². The van der Waals surface area contributed by atoms with Gasteiger partial charge >= 0.3 is 0 Å². The standard InChI is InChI=1S/C15H18N2O3/c18-8-2-1-3-12-9-13(11-16-10-12)15(20)17-6-4-14(19)5-7-17/h9-11,14,18-19H,2,4-8H2. The molecule has 0 unspecified atom stereocenters. The number of nitrogens with zero attached hydrogens (tertiary/aromatic N) is 2. The van der Waals surface area contributed by atoms with Crippen LogP contribution in [0.2, 0.25) is 0 Å². The van der Waals surface area contributed by atoms with Crippen molar-refractivity contribution in [2.24, 2.45) is 0 Å². The van der Waals surface area contributed by atoms with Crippen LogP contribution in [0.4, 0.5) is 0 Å². The topological polar surface area (TPSA) is 73.7 Å². The number of carbonyl (C=O) groups excluding carboxylic acids is 1. The Balaban J connectivity index is 2.07. The van der Waals surface area contributed by atoms with Crippen molar-refractivity contribution in [1.29, 1.82) is 0 Å². The number of piperidine rings is 1. The zero-order valence-corrected chi connectivity index (χ0v) is 11.2. The van der Waals surface area contributed by atoms with E-state index in [-0.39, 0.29) is 18.6 Å². The summed E-state index contributed by atoms with van der Waals surface area (Å²) in [6.07, 6.45) is 4.48. The van der Waals surface area contributed by atoms with Crippen molar-refractivity contribution in [2.75, 3.05) is 19.7 Å². The molecule has 0 aromatic carbocycles. The molecule has 0 saturated carbocycles. The highest BCUT2D eigenvalue weighted by molar-refractivity contribution is 5.94. The predicted molar refractivity (Wildman–Crippen MR) is 74.0 cm³/mol. The first-order valence-electron chi connectivity index (χ1n) is 6.73. The van der Waals surface area contributed by atoms with Crippen LogP contribution in [0.3, 0.4) is 0 Å². The van der Waals surface area contributed by atoms with Crippen molar-refractivity contribution in [2.45, 2.75) is 25.4 Å². The van der Waals surface area contributed by atoms with Crippen LogP contribution in [0.5, 0.6) is 0 Å². The molecule has 2 N–H and O–H groups in total. The van der Waals surface area contributed by atoms with Crippen LogP contribution in [-0.4, -0.2) is 51.8 Å². The highest BCUT2D eigenvalue weighted by Gasteiger charge is 2.22. The molecule has 2 rings (SSSR count). The van der Waals surface area contributed by atoms with E-state index in [4.69, 9.17) is 5.11 Å². The lowest BCUT2D eigenvalue weighted by molar-refractivity contribution is 0.0546. The quantitative estimate of drug-likeness (QED) is 0.766. The van der Waals surface area contributed by atoms with Gasteiger partial charge in [-0.15, -0.1) is 0 Å². The zero-order chi connectivity index (χ0) is 14.4. The molecule has 106 valence electrons. The van der Waals surface area contributed by atoms with Gasteiger partial charge in [-0.25, -0.2) is 0 Å². The largest absolute Gasteiger partial charge is 0.395 e. The van der Waals surface area contributed by atoms with Crippen molar-refractivity contribution in [3.63, 3.8) is 0 Å². The monoisotopic (exact) mass is 274 g/mol. The number of hydrogen-bond acceptors (Lipinski definition) is 4. The maximum Gasteiger partial charge on any atom is 0.255 e. The fraction of sp³-hybridized carbons (Fsp3) is 0.467. The molecule has 1 aromatic heterocycles. The Labute approximate surface area is 118 Å². The van der Waals surface area contributed by atoms with Gasteiger partial charge in [0.1, 0.15) is 0 Å². The third-order valence-electron chi connectivity index (χ3n) is 3.21. The Kier molecular flexibility index (Phi) is 5.10. The summed E-state index contributed by atoms with van der Waals surface area (Å²) in [6.45, 7) is 1.16. The highest BCUT2D eigenvalue weighted by Crippen LogP contribution is 2.14. The Bertz CT molecular complexity index is 525. The summed E-state index contributed by atoms with van der Waals surface area (Å²) in [5, 5.41) is 18.1. The van der Waals surface area contributed by atoms with Crippen molar-refractivity contribution < 1.29 is 15.0 Å². The molecule has 5 nitrogen and oxygen atoms in total. The number of likely N-dealkylation sites (tertiary alicyclic amines) is 1. The molecule has 1 aromatic rings. The van der Waals surface area contributed by atoms with Gasteiger partial charge in [0.05, 0.1) is 18.3 Å². The maximum absolute atomic E-state index is 12.3. The molecule has 0 bridgehead atoms. The molecule has 2 heterocycles. The Morgan fingerprint density at radius 3 is 2.85 bits per heavy atom. The van der Waals surface area contributed by atoms with Crippen molar-refractivity contribution in [1.82, 2.24) is 9.88 Å². The number of pyridine rings is 1. The SMILES string of the molecule is O=C(c1cncc(C#CCCO)c1)N1CCC(O)CC1. The third kappa shape index (κ3) is 3.80. The van der Waals surface area contributed by atoms with Crippen molar-refractivity contribution in [3.05, 3.63) is 29.6 Å². The van der Waals surface area contributed by atoms with Crippen LogP contribution in [0, 0.1) is 11.8 Å². The van der Waals surface area contributed by atoms with E-state index in [9.17, 15) is 9.90 Å². The van der Waals surface area contributed by atoms with Gasteiger partial charge in [-0.2, -0.15) is 0 Å². The Morgan fingerprint density at radius 1 is 1.40 bits per heavy atom. The lowest BCUT2D eigenvalue weighted by Gasteiger charge is -2.29. The fourth-order valence-corrected chi connectivity index (χ4v) is 2.10. The fourth-order valence-electron chi connectivity index (χ4n) is 2.10. The molecule has 5 heteroatoms. The van der Waals surface area contributed by atoms with E-state index >= 15 is 0 Å². The number of aromatic nitrogens is 1. The first kappa shape index (κ1) is 14.5. The van der Waals surface area contributed by atoms with Gasteiger partial charge in [-0.3, -0.25) is 9.78 Å². The van der Waals surface area contributed by atoms with E-state index in [2.05, 4.69) is 16.8 Å². The number of rotatable bonds is 2. The first-order valence-corrected chi connectivity index (χ1v) is 6.73. The molecule has 0 aliphatic carbocycles. The third-order valence-corrected chi connectivity index (χ3v) is 3.21. The molecule has 1 aliphatic rings. The van der Waals surface area contributed by atoms with Crippen LogP contribution in [0.1, 0.15) is 35.2 Å². The predicted octanol–water partition coefficient (Wildman–Crippen LogP) is 0.412. The van der Waals surface area contributed by atoms with Crippen LogP contribution >= 0.6 is 0 Å². The second-order valence-corrected chi connectivity index (χ2v) is 4.76. The highest BCUT2D eigenvalue weighted by atomic mass is 16.3. The van der Waals surface area contributed by atoms with Gasteiger partial charge in [0.25, 0.3) is 5.91 Å².